The highest BCUT2D eigenvalue weighted by Gasteiger charge is 1.84. The van der Waals surface area contributed by atoms with Gasteiger partial charge in [-0.05, 0) is 12.1 Å². The van der Waals surface area contributed by atoms with Crippen molar-refractivity contribution >= 4 is 0 Å². The van der Waals surface area contributed by atoms with Gasteiger partial charge in [-0.1, -0.05) is 25.6 Å². The maximum Gasteiger partial charge on any atom is 0.292 e. The molecular weight excluding hydrogens is 126 g/mol. The van der Waals surface area contributed by atoms with Crippen LogP contribution in [0.5, 0.6) is 5.75 Å². The molecule has 10 heavy (non-hydrogen) atoms. The molecule has 52 valence electrons. The van der Waals surface area contributed by atoms with Gasteiger partial charge in [-0.2, -0.15) is 0 Å². The summed E-state index contributed by atoms with van der Waals surface area (Å²) in [7, 11) is 0. The highest BCUT2D eigenvalue weighted by molar-refractivity contribution is 5.21. The van der Waals surface area contributed by atoms with Gasteiger partial charge in [0.2, 0.25) is 0 Å². The van der Waals surface area contributed by atoms with Gasteiger partial charge in [0.05, 0.1) is 0 Å². The van der Waals surface area contributed by atoms with Crippen LogP contribution in [0.2, 0.25) is 0 Å². The standard InChI is InChI=1S/C7H5NO.CH4/c8-6-9-7-4-2-1-3-5-7;/h1-5H;1H4. The Morgan fingerprint density at radius 3 is 2.30 bits per heavy atom. The van der Waals surface area contributed by atoms with Crippen LogP contribution in [-0.4, -0.2) is 0 Å². The lowest BCUT2D eigenvalue weighted by atomic mass is 10.3. The average molecular weight is 135 g/mol. The van der Waals surface area contributed by atoms with Gasteiger partial charge in [0, 0.05) is 0 Å². The molecule has 1 aromatic rings. The van der Waals surface area contributed by atoms with Crippen LogP contribution in [0.1, 0.15) is 7.43 Å². The zero-order chi connectivity index (χ0) is 6.53. The number of hydrogen-bond donors (Lipinski definition) is 0. The Morgan fingerprint density at radius 1 is 1.20 bits per heavy atom. The summed E-state index contributed by atoms with van der Waals surface area (Å²) in [4.78, 5) is 0. The fourth-order valence-corrected chi connectivity index (χ4v) is 0.541. The normalized spacial score (nSPS) is 7.10. The minimum atomic E-state index is 0. The quantitative estimate of drug-likeness (QED) is 0.553. The molecule has 2 nitrogen and oxygen atoms in total. The van der Waals surface area contributed by atoms with Crippen LogP contribution in [0.3, 0.4) is 0 Å². The number of nitrogens with zero attached hydrogens (tertiary/aromatic N) is 1. The molecule has 0 unspecified atom stereocenters. The van der Waals surface area contributed by atoms with Crippen LogP contribution in [-0.2, 0) is 0 Å². The number of hydrogen-bond acceptors (Lipinski definition) is 2. The Labute approximate surface area is 60.7 Å². The molecule has 0 fully saturated rings. The van der Waals surface area contributed by atoms with Crippen molar-refractivity contribution in [3.05, 3.63) is 30.3 Å². The van der Waals surface area contributed by atoms with E-state index in [9.17, 15) is 0 Å². The number of para-hydroxylation sites is 1. The van der Waals surface area contributed by atoms with Crippen LogP contribution in [0.4, 0.5) is 0 Å². The van der Waals surface area contributed by atoms with Crippen molar-refractivity contribution in [2.24, 2.45) is 0 Å². The van der Waals surface area contributed by atoms with Crippen molar-refractivity contribution in [1.29, 1.82) is 5.26 Å². The first-order valence-electron chi connectivity index (χ1n) is 2.54. The molecule has 1 rings (SSSR count). The summed E-state index contributed by atoms with van der Waals surface area (Å²) in [6.07, 6.45) is 1.58. The van der Waals surface area contributed by atoms with Gasteiger partial charge in [0.1, 0.15) is 5.75 Å². The summed E-state index contributed by atoms with van der Waals surface area (Å²) in [6, 6.07) is 8.94. The fourth-order valence-electron chi connectivity index (χ4n) is 0.541. The van der Waals surface area contributed by atoms with E-state index in [1.165, 1.54) is 0 Å². The minimum Gasteiger partial charge on any atom is -0.388 e. The van der Waals surface area contributed by atoms with Gasteiger partial charge in [-0.25, -0.2) is 0 Å². The van der Waals surface area contributed by atoms with Crippen molar-refractivity contribution in [3.8, 4) is 12.0 Å². The van der Waals surface area contributed by atoms with Gasteiger partial charge in [-0.3, -0.25) is 0 Å². The summed E-state index contributed by atoms with van der Waals surface area (Å²) < 4.78 is 4.51. The van der Waals surface area contributed by atoms with E-state index < -0.39 is 0 Å². The van der Waals surface area contributed by atoms with Crippen molar-refractivity contribution in [3.63, 3.8) is 0 Å². The molecule has 0 aromatic heterocycles. The van der Waals surface area contributed by atoms with Gasteiger partial charge in [0.25, 0.3) is 6.26 Å². The molecule has 0 spiro atoms. The first-order valence-corrected chi connectivity index (χ1v) is 2.54. The van der Waals surface area contributed by atoms with Crippen LogP contribution >= 0.6 is 0 Å². The Balaban J connectivity index is 0.000000810. The number of nitriles is 1. The van der Waals surface area contributed by atoms with E-state index in [0.29, 0.717) is 5.75 Å². The summed E-state index contributed by atoms with van der Waals surface area (Å²) in [5.74, 6) is 0.583. The topological polar surface area (TPSA) is 33.0 Å². The summed E-state index contributed by atoms with van der Waals surface area (Å²) in [6.45, 7) is 0. The zero-order valence-corrected chi connectivity index (χ0v) is 4.74. The first kappa shape index (κ1) is 8.51. The minimum absolute atomic E-state index is 0. The summed E-state index contributed by atoms with van der Waals surface area (Å²) >= 11 is 0. The highest BCUT2D eigenvalue weighted by atomic mass is 16.5. The van der Waals surface area contributed by atoms with Crippen molar-refractivity contribution in [2.45, 2.75) is 7.43 Å². The lowest BCUT2D eigenvalue weighted by Crippen LogP contribution is -1.78. The molecule has 0 N–H and O–H groups in total. The third-order valence-electron chi connectivity index (χ3n) is 0.907. The third-order valence-corrected chi connectivity index (χ3v) is 0.907. The van der Waals surface area contributed by atoms with E-state index in [1.54, 1.807) is 18.4 Å². The van der Waals surface area contributed by atoms with Crippen molar-refractivity contribution < 1.29 is 4.74 Å². The molecule has 0 saturated carbocycles. The van der Waals surface area contributed by atoms with E-state index in [2.05, 4.69) is 4.74 Å². The van der Waals surface area contributed by atoms with E-state index in [4.69, 9.17) is 5.26 Å². The molecule has 0 bridgehead atoms. The maximum atomic E-state index is 8.05. The third kappa shape index (κ3) is 2.19. The second kappa shape index (κ2) is 4.39. The van der Waals surface area contributed by atoms with Crippen LogP contribution in [0, 0.1) is 11.5 Å². The molecule has 0 amide bonds. The average Bonchev–Trinajstić information content (AvgIpc) is 1.91. The molecule has 0 aliphatic rings. The van der Waals surface area contributed by atoms with E-state index in [0.717, 1.165) is 0 Å². The second-order valence-electron chi connectivity index (χ2n) is 1.51. The van der Waals surface area contributed by atoms with E-state index >= 15 is 0 Å². The highest BCUT2D eigenvalue weighted by Crippen LogP contribution is 2.06. The number of ether oxygens (including phenoxy) is 1. The van der Waals surface area contributed by atoms with E-state index in [-0.39, 0.29) is 7.43 Å². The Bertz CT molecular complexity index is 212. The zero-order valence-electron chi connectivity index (χ0n) is 4.74. The van der Waals surface area contributed by atoms with Gasteiger partial charge < -0.3 is 4.74 Å². The first-order chi connectivity index (χ1) is 4.43. The molecular formula is C8H9NO. The smallest absolute Gasteiger partial charge is 0.292 e. The Kier molecular flexibility index (Phi) is 3.74. The molecule has 0 aliphatic heterocycles. The van der Waals surface area contributed by atoms with Gasteiger partial charge in [-0.15, -0.1) is 5.26 Å². The molecule has 1 aromatic carbocycles. The largest absolute Gasteiger partial charge is 0.388 e. The van der Waals surface area contributed by atoms with Crippen LogP contribution in [0.25, 0.3) is 0 Å². The summed E-state index contributed by atoms with van der Waals surface area (Å²) in [5, 5.41) is 8.05. The van der Waals surface area contributed by atoms with Gasteiger partial charge >= 0.3 is 0 Å². The fraction of sp³-hybridized carbons (Fsp3) is 0.125. The molecule has 2 heteroatoms. The molecule has 0 saturated heterocycles. The Hall–Kier alpha value is -1.49. The molecule has 0 atom stereocenters. The predicted molar refractivity (Wildman–Crippen MR) is 39.4 cm³/mol. The monoisotopic (exact) mass is 135 g/mol. The van der Waals surface area contributed by atoms with Gasteiger partial charge in [0.15, 0.2) is 0 Å². The summed E-state index contributed by atoms with van der Waals surface area (Å²) in [5.41, 5.74) is 0. The second-order valence-corrected chi connectivity index (χ2v) is 1.51. The molecule has 0 heterocycles. The Morgan fingerprint density at radius 2 is 1.80 bits per heavy atom. The maximum absolute atomic E-state index is 8.05. The molecule has 0 aliphatic carbocycles. The SMILES string of the molecule is C.N#COc1ccccc1. The lowest BCUT2D eigenvalue weighted by Gasteiger charge is -1.89. The van der Waals surface area contributed by atoms with Crippen molar-refractivity contribution in [1.82, 2.24) is 0 Å². The number of rotatable bonds is 1. The van der Waals surface area contributed by atoms with E-state index in [1.807, 2.05) is 18.2 Å². The van der Waals surface area contributed by atoms with Crippen molar-refractivity contribution in [2.75, 3.05) is 0 Å². The number of benzene rings is 1. The van der Waals surface area contributed by atoms with Crippen LogP contribution < -0.4 is 4.74 Å². The lowest BCUT2D eigenvalue weighted by molar-refractivity contribution is 0.507. The van der Waals surface area contributed by atoms with Crippen LogP contribution in [0.15, 0.2) is 30.3 Å². The predicted octanol–water partition coefficient (Wildman–Crippen LogP) is 2.18. The molecule has 0 radical (unpaired) electrons.